The lowest BCUT2D eigenvalue weighted by Gasteiger charge is -2.42. The van der Waals surface area contributed by atoms with Crippen LogP contribution in [-0.4, -0.2) is 13.3 Å². The van der Waals surface area contributed by atoms with Crippen molar-refractivity contribution < 1.29 is 0 Å². The van der Waals surface area contributed by atoms with Gasteiger partial charge < -0.3 is 4.90 Å². The molecule has 2 aromatic carbocycles. The largest absolute Gasteiger partial charge is 0.358 e. The van der Waals surface area contributed by atoms with Crippen LogP contribution in [0.2, 0.25) is 0 Å². The second kappa shape index (κ2) is 6.33. The van der Waals surface area contributed by atoms with Crippen molar-refractivity contribution in [3.63, 3.8) is 0 Å². The third kappa shape index (κ3) is 3.10. The van der Waals surface area contributed by atoms with Gasteiger partial charge in [-0.05, 0) is 74.4 Å². The van der Waals surface area contributed by atoms with E-state index in [1.807, 2.05) is 0 Å². The van der Waals surface area contributed by atoms with Crippen molar-refractivity contribution in [1.82, 2.24) is 0 Å². The summed E-state index contributed by atoms with van der Waals surface area (Å²) in [6, 6.07) is 11.3. The van der Waals surface area contributed by atoms with Crippen LogP contribution in [0.1, 0.15) is 48.6 Å². The third-order valence-corrected chi connectivity index (χ3v) is 5.55. The number of nitrogens with zero attached hydrogens (tertiary/aromatic N) is 2. The Morgan fingerprint density at radius 2 is 1.80 bits per heavy atom. The number of aryl methyl sites for hydroxylation is 2. The lowest BCUT2D eigenvalue weighted by molar-refractivity contribution is 0.619. The highest BCUT2D eigenvalue weighted by atomic mass is 15.2. The fraction of sp³-hybridized carbons (Fsp3) is 0.435. The molecule has 0 spiro atoms. The average Bonchev–Trinajstić information content (AvgIpc) is 2.54. The first-order chi connectivity index (χ1) is 11.7. The van der Waals surface area contributed by atoms with Crippen molar-refractivity contribution >= 4 is 17.6 Å². The Hall–Kier alpha value is -2.09. The van der Waals surface area contributed by atoms with Crippen molar-refractivity contribution in [3.8, 4) is 0 Å². The summed E-state index contributed by atoms with van der Waals surface area (Å²) >= 11 is 0. The van der Waals surface area contributed by atoms with Crippen molar-refractivity contribution in [2.45, 2.75) is 53.5 Å². The highest BCUT2D eigenvalue weighted by molar-refractivity contribution is 5.89. The standard InChI is InChI=1S/C23H30N2/c1-15(2)10-19-8-9-21-22(13-19)25(7)23(6,14-24-21)20-12-16(3)11-17(4)18(20)5/h8-9,11-15H,10H2,1-7H3. The summed E-state index contributed by atoms with van der Waals surface area (Å²) in [6.07, 6.45) is 3.21. The summed E-state index contributed by atoms with van der Waals surface area (Å²) in [5, 5.41) is 0. The monoisotopic (exact) mass is 334 g/mol. The van der Waals surface area contributed by atoms with Gasteiger partial charge in [0, 0.05) is 13.3 Å². The van der Waals surface area contributed by atoms with Crippen LogP contribution in [0.3, 0.4) is 0 Å². The predicted molar refractivity (Wildman–Crippen MR) is 110 cm³/mol. The number of hydrogen-bond acceptors (Lipinski definition) is 2. The molecule has 0 saturated carbocycles. The van der Waals surface area contributed by atoms with Crippen LogP contribution < -0.4 is 4.90 Å². The average molecular weight is 335 g/mol. The molecule has 0 aliphatic carbocycles. The third-order valence-electron chi connectivity index (χ3n) is 5.55. The van der Waals surface area contributed by atoms with Crippen LogP contribution in [0.4, 0.5) is 11.4 Å². The van der Waals surface area contributed by atoms with Gasteiger partial charge in [-0.1, -0.05) is 37.6 Å². The molecule has 132 valence electrons. The fourth-order valence-corrected chi connectivity index (χ4v) is 3.89. The molecule has 1 heterocycles. The van der Waals surface area contributed by atoms with Gasteiger partial charge in [0.25, 0.3) is 0 Å². The maximum absolute atomic E-state index is 4.83. The van der Waals surface area contributed by atoms with Gasteiger partial charge in [0.05, 0.1) is 16.9 Å². The van der Waals surface area contributed by atoms with Crippen LogP contribution in [0.25, 0.3) is 0 Å². The quantitative estimate of drug-likeness (QED) is 0.684. The van der Waals surface area contributed by atoms with Gasteiger partial charge >= 0.3 is 0 Å². The molecule has 0 amide bonds. The van der Waals surface area contributed by atoms with E-state index in [1.165, 1.54) is 33.5 Å². The first-order valence-electron chi connectivity index (χ1n) is 9.22. The van der Waals surface area contributed by atoms with Crippen molar-refractivity contribution in [1.29, 1.82) is 0 Å². The van der Waals surface area contributed by atoms with E-state index in [2.05, 4.69) is 90.0 Å². The van der Waals surface area contributed by atoms with Gasteiger partial charge in [0.15, 0.2) is 0 Å². The van der Waals surface area contributed by atoms with Gasteiger partial charge in [-0.25, -0.2) is 0 Å². The maximum Gasteiger partial charge on any atom is 0.0979 e. The van der Waals surface area contributed by atoms with Crippen molar-refractivity contribution in [2.24, 2.45) is 10.9 Å². The minimum Gasteiger partial charge on any atom is -0.358 e. The first-order valence-corrected chi connectivity index (χ1v) is 9.22. The molecule has 25 heavy (non-hydrogen) atoms. The topological polar surface area (TPSA) is 15.6 Å². The molecule has 0 fully saturated rings. The zero-order valence-corrected chi connectivity index (χ0v) is 16.6. The summed E-state index contributed by atoms with van der Waals surface area (Å²) in [5.74, 6) is 0.656. The second-order valence-electron chi connectivity index (χ2n) is 8.14. The molecular formula is C23H30N2. The SMILES string of the molecule is Cc1cc(C)c(C)c(C2(C)C=Nc3ccc(CC(C)C)cc3N2C)c1. The van der Waals surface area contributed by atoms with Crippen LogP contribution in [-0.2, 0) is 12.0 Å². The van der Waals surface area contributed by atoms with Crippen molar-refractivity contribution in [2.75, 3.05) is 11.9 Å². The highest BCUT2D eigenvalue weighted by Gasteiger charge is 2.35. The highest BCUT2D eigenvalue weighted by Crippen LogP contribution is 2.42. The van der Waals surface area contributed by atoms with E-state index in [-0.39, 0.29) is 5.54 Å². The second-order valence-corrected chi connectivity index (χ2v) is 8.14. The number of hydrogen-bond donors (Lipinski definition) is 0. The van der Waals surface area contributed by atoms with Gasteiger partial charge in [-0.3, -0.25) is 4.99 Å². The lowest BCUT2D eigenvalue weighted by atomic mass is 9.83. The van der Waals surface area contributed by atoms with E-state index < -0.39 is 0 Å². The van der Waals surface area contributed by atoms with E-state index in [4.69, 9.17) is 4.99 Å². The molecule has 0 aromatic heterocycles. The molecule has 1 aliphatic heterocycles. The van der Waals surface area contributed by atoms with Crippen LogP contribution in [0.15, 0.2) is 35.3 Å². The van der Waals surface area contributed by atoms with E-state index in [1.54, 1.807) is 0 Å². The summed E-state index contributed by atoms with van der Waals surface area (Å²) in [7, 11) is 2.19. The smallest absolute Gasteiger partial charge is 0.0979 e. The Morgan fingerprint density at radius 1 is 1.08 bits per heavy atom. The molecule has 1 aliphatic rings. The van der Waals surface area contributed by atoms with Gasteiger partial charge in [0.2, 0.25) is 0 Å². The number of aliphatic imine (C=N–C) groups is 1. The molecule has 0 saturated heterocycles. The first kappa shape index (κ1) is 17.7. The molecule has 2 aromatic rings. The number of fused-ring (bicyclic) bond motifs is 1. The minimum absolute atomic E-state index is 0.232. The van der Waals surface area contributed by atoms with E-state index in [0.29, 0.717) is 5.92 Å². The van der Waals surface area contributed by atoms with Crippen LogP contribution >= 0.6 is 0 Å². The zero-order chi connectivity index (χ0) is 18.4. The number of benzene rings is 2. The maximum atomic E-state index is 4.83. The van der Waals surface area contributed by atoms with Gasteiger partial charge in [0.1, 0.15) is 0 Å². The molecule has 2 heteroatoms. The molecule has 2 nitrogen and oxygen atoms in total. The summed E-state index contributed by atoms with van der Waals surface area (Å²) in [6.45, 7) is 13.4. The summed E-state index contributed by atoms with van der Waals surface area (Å²) < 4.78 is 0. The number of rotatable bonds is 3. The molecule has 0 bridgehead atoms. The molecule has 1 atom stereocenters. The molecule has 0 radical (unpaired) electrons. The Morgan fingerprint density at radius 3 is 2.48 bits per heavy atom. The minimum atomic E-state index is -0.232. The normalized spacial score (nSPS) is 19.4. The van der Waals surface area contributed by atoms with E-state index in [0.717, 1.165) is 12.1 Å². The Balaban J connectivity index is 2.10. The Bertz CT molecular complexity index is 832. The summed E-state index contributed by atoms with van der Waals surface area (Å²) in [4.78, 5) is 7.22. The van der Waals surface area contributed by atoms with Crippen molar-refractivity contribution in [3.05, 3.63) is 58.1 Å². The molecule has 1 unspecified atom stereocenters. The van der Waals surface area contributed by atoms with Gasteiger partial charge in [-0.15, -0.1) is 0 Å². The molecular weight excluding hydrogens is 304 g/mol. The number of anilines is 1. The van der Waals surface area contributed by atoms with Crippen LogP contribution in [0, 0.1) is 26.7 Å². The molecule has 3 rings (SSSR count). The van der Waals surface area contributed by atoms with Gasteiger partial charge in [-0.2, -0.15) is 0 Å². The zero-order valence-electron chi connectivity index (χ0n) is 16.6. The fourth-order valence-electron chi connectivity index (χ4n) is 3.89. The Kier molecular flexibility index (Phi) is 4.49. The predicted octanol–water partition coefficient (Wildman–Crippen LogP) is 5.88. The Labute approximate surface area is 152 Å². The van der Waals surface area contributed by atoms with E-state index >= 15 is 0 Å². The summed E-state index contributed by atoms with van der Waals surface area (Å²) in [5.41, 5.74) is 8.79. The van der Waals surface area contributed by atoms with Crippen LogP contribution in [0.5, 0.6) is 0 Å². The molecule has 0 N–H and O–H groups in total. The lowest BCUT2D eigenvalue weighted by Crippen LogP contribution is -2.45. The van der Waals surface area contributed by atoms with E-state index in [9.17, 15) is 0 Å².